The van der Waals surface area contributed by atoms with E-state index in [4.69, 9.17) is 5.73 Å². The summed E-state index contributed by atoms with van der Waals surface area (Å²) in [4.78, 5) is 11.0. The van der Waals surface area contributed by atoms with Crippen LogP contribution in [0.15, 0.2) is 23.3 Å². The monoisotopic (exact) mass is 208 g/mol. The Morgan fingerprint density at radius 3 is 2.67 bits per heavy atom. The fourth-order valence-corrected chi connectivity index (χ4v) is 1.58. The smallest absolute Gasteiger partial charge is 0.204 e. The first-order valence-electron chi connectivity index (χ1n) is 5.69. The number of hydrogen-bond donors (Lipinski definition) is 1. The molecule has 0 aliphatic heterocycles. The molecule has 0 aliphatic rings. The van der Waals surface area contributed by atoms with Crippen LogP contribution in [0.4, 0.5) is 5.69 Å². The van der Waals surface area contributed by atoms with Gasteiger partial charge in [-0.2, -0.15) is 0 Å². The van der Waals surface area contributed by atoms with Crippen LogP contribution in [-0.4, -0.2) is 4.57 Å². The van der Waals surface area contributed by atoms with Crippen molar-refractivity contribution in [3.05, 3.63) is 28.7 Å². The van der Waals surface area contributed by atoms with E-state index in [0.717, 1.165) is 13.0 Å². The molecule has 1 rings (SSSR count). The molecule has 0 aromatic carbocycles. The average Bonchev–Trinajstić information content (AvgIpc) is 2.23. The Balaban J connectivity index is 2.32. The summed E-state index contributed by atoms with van der Waals surface area (Å²) in [5, 5.41) is 0. The maximum absolute atomic E-state index is 11.0. The second-order valence-electron chi connectivity index (χ2n) is 3.92. The Labute approximate surface area is 90.9 Å². The Bertz CT molecular complexity index is 344. The fourth-order valence-electron chi connectivity index (χ4n) is 1.58. The van der Waals surface area contributed by atoms with Gasteiger partial charge < -0.3 is 10.3 Å². The molecule has 0 amide bonds. The predicted octanol–water partition coefficient (Wildman–Crippen LogP) is 2.40. The number of aryl methyl sites for hydroxylation is 1. The molecule has 0 unspecified atom stereocenters. The summed E-state index contributed by atoms with van der Waals surface area (Å²) in [6, 6.07) is 1.53. The van der Waals surface area contributed by atoms with E-state index in [1.54, 1.807) is 12.4 Å². The summed E-state index contributed by atoms with van der Waals surface area (Å²) in [6.07, 6.45) is 9.81. The summed E-state index contributed by atoms with van der Waals surface area (Å²) in [6.45, 7) is 3.16. The molecular weight excluding hydrogens is 188 g/mol. The van der Waals surface area contributed by atoms with Gasteiger partial charge in [0, 0.05) is 25.0 Å². The van der Waals surface area contributed by atoms with Crippen molar-refractivity contribution in [1.29, 1.82) is 0 Å². The maximum atomic E-state index is 11.0. The largest absolute Gasteiger partial charge is 0.394 e. The van der Waals surface area contributed by atoms with Crippen LogP contribution in [0.1, 0.15) is 39.0 Å². The predicted molar refractivity (Wildman–Crippen MR) is 63.9 cm³/mol. The highest BCUT2D eigenvalue weighted by molar-refractivity contribution is 5.33. The van der Waals surface area contributed by atoms with Crippen LogP contribution >= 0.6 is 0 Å². The molecule has 1 aromatic heterocycles. The highest BCUT2D eigenvalue weighted by Crippen LogP contribution is 2.04. The topological polar surface area (TPSA) is 48.0 Å². The van der Waals surface area contributed by atoms with Gasteiger partial charge in [0.05, 0.1) is 5.69 Å². The van der Waals surface area contributed by atoms with Gasteiger partial charge in [-0.1, -0.05) is 32.6 Å². The second kappa shape index (κ2) is 6.27. The van der Waals surface area contributed by atoms with E-state index >= 15 is 0 Å². The first kappa shape index (κ1) is 11.8. The van der Waals surface area contributed by atoms with Gasteiger partial charge in [-0.3, -0.25) is 4.79 Å². The van der Waals surface area contributed by atoms with E-state index in [-0.39, 0.29) is 5.43 Å². The van der Waals surface area contributed by atoms with E-state index in [1.165, 1.54) is 31.7 Å². The summed E-state index contributed by atoms with van der Waals surface area (Å²) in [5.41, 5.74) is 5.79. The summed E-state index contributed by atoms with van der Waals surface area (Å²) >= 11 is 0. The van der Waals surface area contributed by atoms with Gasteiger partial charge in [-0.15, -0.1) is 0 Å². The number of nitrogens with two attached hydrogens (primary N) is 1. The van der Waals surface area contributed by atoms with Crippen molar-refractivity contribution in [2.24, 2.45) is 0 Å². The number of nitrogen functional groups attached to an aromatic ring is 1. The molecule has 1 aromatic rings. The van der Waals surface area contributed by atoms with Crippen LogP contribution in [0.5, 0.6) is 0 Å². The SMILES string of the molecule is CCCCCCCn1ccc(=O)c(N)c1. The van der Waals surface area contributed by atoms with Gasteiger partial charge in [-0.05, 0) is 6.42 Å². The normalized spacial score (nSPS) is 10.5. The van der Waals surface area contributed by atoms with Crippen molar-refractivity contribution in [2.75, 3.05) is 5.73 Å². The van der Waals surface area contributed by atoms with Gasteiger partial charge in [0.1, 0.15) is 0 Å². The number of nitrogens with zero attached hydrogens (tertiary/aromatic N) is 1. The van der Waals surface area contributed by atoms with Gasteiger partial charge in [-0.25, -0.2) is 0 Å². The lowest BCUT2D eigenvalue weighted by Gasteiger charge is -2.06. The molecule has 84 valence electrons. The van der Waals surface area contributed by atoms with E-state index < -0.39 is 0 Å². The third kappa shape index (κ3) is 4.19. The van der Waals surface area contributed by atoms with Crippen molar-refractivity contribution in [1.82, 2.24) is 4.57 Å². The molecule has 0 aliphatic carbocycles. The molecule has 2 N–H and O–H groups in total. The van der Waals surface area contributed by atoms with E-state index in [2.05, 4.69) is 6.92 Å². The summed E-state index contributed by atoms with van der Waals surface area (Å²) < 4.78 is 1.99. The van der Waals surface area contributed by atoms with Gasteiger partial charge in [0.25, 0.3) is 0 Å². The van der Waals surface area contributed by atoms with E-state index in [9.17, 15) is 4.79 Å². The van der Waals surface area contributed by atoms with Crippen LogP contribution in [-0.2, 0) is 6.54 Å². The lowest BCUT2D eigenvalue weighted by molar-refractivity contribution is 0.567. The van der Waals surface area contributed by atoms with Crippen LogP contribution in [0.2, 0.25) is 0 Å². The number of unbranched alkanes of at least 4 members (excludes halogenated alkanes) is 4. The van der Waals surface area contributed by atoms with Gasteiger partial charge in [0.15, 0.2) is 0 Å². The zero-order valence-corrected chi connectivity index (χ0v) is 9.41. The van der Waals surface area contributed by atoms with Crippen molar-refractivity contribution >= 4 is 5.69 Å². The van der Waals surface area contributed by atoms with Crippen LogP contribution in [0.3, 0.4) is 0 Å². The molecule has 0 spiro atoms. The maximum Gasteiger partial charge on any atom is 0.204 e. The fraction of sp³-hybridized carbons (Fsp3) is 0.583. The Morgan fingerprint density at radius 2 is 2.00 bits per heavy atom. The molecule has 3 heteroatoms. The summed E-state index contributed by atoms with van der Waals surface area (Å²) in [7, 11) is 0. The number of pyridine rings is 1. The third-order valence-electron chi connectivity index (χ3n) is 2.53. The minimum Gasteiger partial charge on any atom is -0.394 e. The van der Waals surface area contributed by atoms with Crippen molar-refractivity contribution in [3.63, 3.8) is 0 Å². The second-order valence-corrected chi connectivity index (χ2v) is 3.92. The minimum absolute atomic E-state index is 0.0859. The standard InChI is InChI=1S/C12H20N2O/c1-2-3-4-5-6-8-14-9-7-12(15)11(13)10-14/h7,9-10H,2-6,8,13H2,1H3. The molecule has 3 nitrogen and oxygen atoms in total. The Hall–Kier alpha value is -1.25. The van der Waals surface area contributed by atoms with Crippen LogP contribution in [0, 0.1) is 0 Å². The molecule has 0 saturated carbocycles. The Kier molecular flexibility index (Phi) is 4.95. The lowest BCUT2D eigenvalue weighted by Crippen LogP contribution is -2.10. The first-order chi connectivity index (χ1) is 7.24. The molecule has 0 bridgehead atoms. The molecule has 0 saturated heterocycles. The Morgan fingerprint density at radius 1 is 1.27 bits per heavy atom. The highest BCUT2D eigenvalue weighted by Gasteiger charge is 1.95. The zero-order chi connectivity index (χ0) is 11.1. The van der Waals surface area contributed by atoms with Crippen LogP contribution in [0.25, 0.3) is 0 Å². The average molecular weight is 208 g/mol. The molecule has 0 fully saturated rings. The van der Waals surface area contributed by atoms with Gasteiger partial charge >= 0.3 is 0 Å². The number of rotatable bonds is 6. The molecule has 0 radical (unpaired) electrons. The summed E-state index contributed by atoms with van der Waals surface area (Å²) in [5.74, 6) is 0. The number of aromatic nitrogens is 1. The van der Waals surface area contributed by atoms with E-state index in [0.29, 0.717) is 5.69 Å². The third-order valence-corrected chi connectivity index (χ3v) is 2.53. The lowest BCUT2D eigenvalue weighted by atomic mass is 10.1. The molecule has 1 heterocycles. The number of hydrogen-bond acceptors (Lipinski definition) is 2. The first-order valence-corrected chi connectivity index (χ1v) is 5.69. The minimum atomic E-state index is -0.0859. The van der Waals surface area contributed by atoms with Crippen molar-refractivity contribution in [2.45, 2.75) is 45.6 Å². The van der Waals surface area contributed by atoms with Crippen LogP contribution < -0.4 is 11.2 Å². The van der Waals surface area contributed by atoms with Crippen molar-refractivity contribution in [3.8, 4) is 0 Å². The van der Waals surface area contributed by atoms with Gasteiger partial charge in [0.2, 0.25) is 5.43 Å². The molecular formula is C12H20N2O. The van der Waals surface area contributed by atoms with E-state index in [1.807, 2.05) is 4.57 Å². The number of anilines is 1. The quantitative estimate of drug-likeness (QED) is 0.730. The van der Waals surface area contributed by atoms with Crippen molar-refractivity contribution < 1.29 is 0 Å². The molecule has 0 atom stereocenters. The highest BCUT2D eigenvalue weighted by atomic mass is 16.1. The zero-order valence-electron chi connectivity index (χ0n) is 9.41. The molecule has 15 heavy (non-hydrogen) atoms.